The first-order valence-corrected chi connectivity index (χ1v) is 9.85. The van der Waals surface area contributed by atoms with E-state index in [0.29, 0.717) is 6.54 Å². The molecule has 1 aliphatic heterocycles. The number of nitrogens with zero attached hydrogens (tertiary/aromatic N) is 1. The minimum absolute atomic E-state index is 0.0436. The fourth-order valence-corrected chi connectivity index (χ4v) is 3.77. The molecule has 1 amide bonds. The zero-order valence-electron chi connectivity index (χ0n) is 15.2. The molecule has 0 spiro atoms. The standard InChI is InChI=1S/C21H31N3O/c25-21(17-22-14-13-18-9-3-1-4-10-18)23-19-11-5-6-12-20(19)24-15-7-2-8-16-24/h5-6,9,11-12,22H,1-4,7-8,10,13-17H2,(H,23,25). The lowest BCUT2D eigenvalue weighted by Gasteiger charge is -2.30. The highest BCUT2D eigenvalue weighted by molar-refractivity contribution is 5.95. The Morgan fingerprint density at radius 1 is 1.04 bits per heavy atom. The molecule has 0 radical (unpaired) electrons. The van der Waals surface area contributed by atoms with E-state index in [0.717, 1.165) is 37.4 Å². The van der Waals surface area contributed by atoms with Gasteiger partial charge in [0.15, 0.2) is 0 Å². The number of benzene rings is 1. The first-order valence-electron chi connectivity index (χ1n) is 9.85. The highest BCUT2D eigenvalue weighted by Crippen LogP contribution is 2.28. The fourth-order valence-electron chi connectivity index (χ4n) is 3.77. The Hall–Kier alpha value is -1.81. The van der Waals surface area contributed by atoms with Crippen LogP contribution in [0.4, 0.5) is 11.4 Å². The molecule has 2 N–H and O–H groups in total. The average Bonchev–Trinajstić information content (AvgIpc) is 2.67. The Labute approximate surface area is 151 Å². The summed E-state index contributed by atoms with van der Waals surface area (Å²) in [5.41, 5.74) is 3.64. The summed E-state index contributed by atoms with van der Waals surface area (Å²) in [6.45, 7) is 3.43. The molecule has 1 fully saturated rings. The summed E-state index contributed by atoms with van der Waals surface area (Å²) >= 11 is 0. The van der Waals surface area contributed by atoms with Crippen LogP contribution in [0.25, 0.3) is 0 Å². The van der Waals surface area contributed by atoms with E-state index in [9.17, 15) is 4.79 Å². The van der Waals surface area contributed by atoms with E-state index in [1.807, 2.05) is 12.1 Å². The zero-order valence-corrected chi connectivity index (χ0v) is 15.2. The van der Waals surface area contributed by atoms with Gasteiger partial charge in [0.25, 0.3) is 0 Å². The monoisotopic (exact) mass is 341 g/mol. The molecule has 25 heavy (non-hydrogen) atoms. The molecular weight excluding hydrogens is 310 g/mol. The number of piperidine rings is 1. The second kappa shape index (κ2) is 9.62. The van der Waals surface area contributed by atoms with Crippen LogP contribution in [-0.2, 0) is 4.79 Å². The van der Waals surface area contributed by atoms with Crippen LogP contribution in [0, 0.1) is 0 Å². The maximum Gasteiger partial charge on any atom is 0.238 e. The van der Waals surface area contributed by atoms with E-state index in [-0.39, 0.29) is 5.91 Å². The second-order valence-corrected chi connectivity index (χ2v) is 7.15. The highest BCUT2D eigenvalue weighted by atomic mass is 16.1. The van der Waals surface area contributed by atoms with Crippen LogP contribution in [0.5, 0.6) is 0 Å². The lowest BCUT2D eigenvalue weighted by molar-refractivity contribution is -0.115. The normalized spacial score (nSPS) is 17.9. The number of allylic oxidation sites excluding steroid dienone is 1. The van der Waals surface area contributed by atoms with Gasteiger partial charge in [-0.25, -0.2) is 0 Å². The summed E-state index contributed by atoms with van der Waals surface area (Å²) < 4.78 is 0. The summed E-state index contributed by atoms with van der Waals surface area (Å²) in [6, 6.07) is 8.17. The summed E-state index contributed by atoms with van der Waals surface area (Å²) in [6.07, 6.45) is 12.3. The van der Waals surface area contributed by atoms with Crippen LogP contribution in [-0.4, -0.2) is 32.1 Å². The quantitative estimate of drug-likeness (QED) is 0.580. The van der Waals surface area contributed by atoms with Crippen molar-refractivity contribution in [1.82, 2.24) is 5.32 Å². The molecule has 2 aliphatic rings. The minimum atomic E-state index is 0.0436. The van der Waals surface area contributed by atoms with Gasteiger partial charge < -0.3 is 15.5 Å². The number of rotatable bonds is 7. The van der Waals surface area contributed by atoms with Crippen molar-refractivity contribution in [2.75, 3.05) is 36.4 Å². The van der Waals surface area contributed by atoms with E-state index in [4.69, 9.17) is 0 Å². The minimum Gasteiger partial charge on any atom is -0.370 e. The summed E-state index contributed by atoms with van der Waals surface area (Å²) in [5.74, 6) is 0.0436. The average molecular weight is 341 g/mol. The van der Waals surface area contributed by atoms with Crippen molar-refractivity contribution in [1.29, 1.82) is 0 Å². The predicted octanol–water partition coefficient (Wildman–Crippen LogP) is 4.10. The van der Waals surface area contributed by atoms with Gasteiger partial charge in [-0.3, -0.25) is 4.79 Å². The molecule has 0 saturated carbocycles. The topological polar surface area (TPSA) is 44.4 Å². The van der Waals surface area contributed by atoms with Gasteiger partial charge in [0.2, 0.25) is 5.91 Å². The van der Waals surface area contributed by atoms with E-state index < -0.39 is 0 Å². The Balaban J connectivity index is 1.45. The van der Waals surface area contributed by atoms with Crippen molar-refractivity contribution >= 4 is 17.3 Å². The highest BCUT2D eigenvalue weighted by Gasteiger charge is 2.15. The maximum atomic E-state index is 12.3. The third kappa shape index (κ3) is 5.60. The van der Waals surface area contributed by atoms with Crippen LogP contribution in [0.3, 0.4) is 0 Å². The lowest BCUT2D eigenvalue weighted by atomic mass is 9.97. The van der Waals surface area contributed by atoms with Crippen LogP contribution in [0.15, 0.2) is 35.9 Å². The van der Waals surface area contributed by atoms with Gasteiger partial charge in [-0.2, -0.15) is 0 Å². The molecule has 0 atom stereocenters. The SMILES string of the molecule is O=C(CNCCC1=CCCCC1)Nc1ccccc1N1CCCCC1. The smallest absolute Gasteiger partial charge is 0.238 e. The molecule has 1 aliphatic carbocycles. The van der Waals surface area contributed by atoms with Gasteiger partial charge >= 0.3 is 0 Å². The largest absolute Gasteiger partial charge is 0.370 e. The van der Waals surface area contributed by atoms with Gasteiger partial charge in [-0.15, -0.1) is 0 Å². The molecule has 0 aromatic heterocycles. The van der Waals surface area contributed by atoms with Crippen molar-refractivity contribution in [3.63, 3.8) is 0 Å². The fraction of sp³-hybridized carbons (Fsp3) is 0.571. The van der Waals surface area contributed by atoms with Crippen LogP contribution in [0.2, 0.25) is 0 Å². The summed E-state index contributed by atoms with van der Waals surface area (Å²) in [7, 11) is 0. The molecule has 1 saturated heterocycles. The molecule has 4 nitrogen and oxygen atoms in total. The molecule has 1 heterocycles. The van der Waals surface area contributed by atoms with Gasteiger partial charge in [0.05, 0.1) is 17.9 Å². The van der Waals surface area contributed by atoms with Crippen molar-refractivity contribution in [3.05, 3.63) is 35.9 Å². The molecule has 1 aromatic rings. The first-order chi connectivity index (χ1) is 12.3. The number of carbonyl (C=O) groups excluding carboxylic acids is 1. The predicted molar refractivity (Wildman–Crippen MR) is 105 cm³/mol. The summed E-state index contributed by atoms with van der Waals surface area (Å²) in [4.78, 5) is 14.7. The molecule has 1 aromatic carbocycles. The van der Waals surface area contributed by atoms with E-state index in [1.54, 1.807) is 5.57 Å². The van der Waals surface area contributed by atoms with Crippen LogP contribution in [0.1, 0.15) is 51.4 Å². The van der Waals surface area contributed by atoms with Crippen molar-refractivity contribution in [2.45, 2.75) is 51.4 Å². The Morgan fingerprint density at radius 2 is 1.88 bits per heavy atom. The second-order valence-electron chi connectivity index (χ2n) is 7.15. The molecule has 3 rings (SSSR count). The Bertz CT molecular complexity index is 591. The van der Waals surface area contributed by atoms with Crippen LogP contribution >= 0.6 is 0 Å². The van der Waals surface area contributed by atoms with Gasteiger partial charge in [0, 0.05) is 13.1 Å². The van der Waals surface area contributed by atoms with E-state index >= 15 is 0 Å². The molecule has 0 unspecified atom stereocenters. The van der Waals surface area contributed by atoms with Crippen molar-refractivity contribution in [3.8, 4) is 0 Å². The maximum absolute atomic E-state index is 12.3. The number of carbonyl (C=O) groups is 1. The number of hydrogen-bond acceptors (Lipinski definition) is 3. The number of anilines is 2. The third-order valence-corrected chi connectivity index (χ3v) is 5.17. The van der Waals surface area contributed by atoms with Gasteiger partial charge in [0.1, 0.15) is 0 Å². The zero-order chi connectivity index (χ0) is 17.3. The number of hydrogen-bond donors (Lipinski definition) is 2. The number of nitrogens with one attached hydrogen (secondary N) is 2. The molecular formula is C21H31N3O. The van der Waals surface area contributed by atoms with E-state index in [1.165, 1.54) is 44.9 Å². The van der Waals surface area contributed by atoms with Crippen LogP contribution < -0.4 is 15.5 Å². The summed E-state index contributed by atoms with van der Waals surface area (Å²) in [5, 5.41) is 6.37. The lowest BCUT2D eigenvalue weighted by Crippen LogP contribution is -2.32. The Morgan fingerprint density at radius 3 is 2.68 bits per heavy atom. The Kier molecular flexibility index (Phi) is 6.92. The molecule has 0 bridgehead atoms. The first kappa shape index (κ1) is 18.0. The van der Waals surface area contributed by atoms with Crippen molar-refractivity contribution < 1.29 is 4.79 Å². The van der Waals surface area contributed by atoms with Gasteiger partial charge in [-0.1, -0.05) is 23.8 Å². The molecule has 4 heteroatoms. The molecule has 136 valence electrons. The van der Waals surface area contributed by atoms with Gasteiger partial charge in [-0.05, 0) is 70.0 Å². The third-order valence-electron chi connectivity index (χ3n) is 5.17. The number of para-hydroxylation sites is 2. The number of amides is 1. The van der Waals surface area contributed by atoms with Crippen molar-refractivity contribution in [2.24, 2.45) is 0 Å². The van der Waals surface area contributed by atoms with E-state index in [2.05, 4.69) is 33.7 Å².